The second kappa shape index (κ2) is 3.82. The summed E-state index contributed by atoms with van der Waals surface area (Å²) >= 11 is 0. The van der Waals surface area contributed by atoms with Crippen LogP contribution in [0.3, 0.4) is 0 Å². The Labute approximate surface area is 84.4 Å². The minimum Gasteiger partial charge on any atom is -0.493 e. The standard InChI is InChI=1S/C12H15NO/c1-9(13)11-3-2-4-12(7-11)14-8-10-5-6-10/h2-4,7,10,13H,5-6,8H2,1H3. The normalized spacial score (nSPS) is 15.2. The highest BCUT2D eigenvalue weighted by Gasteiger charge is 2.21. The van der Waals surface area contributed by atoms with Gasteiger partial charge in [0.1, 0.15) is 5.75 Å². The first-order valence-electron chi connectivity index (χ1n) is 5.04. The average molecular weight is 189 g/mol. The van der Waals surface area contributed by atoms with Crippen LogP contribution in [0.15, 0.2) is 24.3 Å². The lowest BCUT2D eigenvalue weighted by atomic mass is 10.1. The summed E-state index contributed by atoms with van der Waals surface area (Å²) in [5, 5.41) is 7.51. The Balaban J connectivity index is 2.01. The molecule has 1 aromatic rings. The molecule has 0 aromatic heterocycles. The topological polar surface area (TPSA) is 33.1 Å². The predicted molar refractivity (Wildman–Crippen MR) is 57.2 cm³/mol. The zero-order valence-electron chi connectivity index (χ0n) is 8.42. The molecule has 2 heteroatoms. The molecule has 14 heavy (non-hydrogen) atoms. The van der Waals surface area contributed by atoms with Crippen molar-refractivity contribution in [2.45, 2.75) is 19.8 Å². The largest absolute Gasteiger partial charge is 0.493 e. The maximum absolute atomic E-state index is 7.51. The quantitative estimate of drug-likeness (QED) is 0.726. The zero-order chi connectivity index (χ0) is 9.97. The van der Waals surface area contributed by atoms with Gasteiger partial charge in [0.15, 0.2) is 0 Å². The highest BCUT2D eigenvalue weighted by molar-refractivity contribution is 5.96. The summed E-state index contributed by atoms with van der Waals surface area (Å²) in [6, 6.07) is 7.77. The van der Waals surface area contributed by atoms with E-state index < -0.39 is 0 Å². The van der Waals surface area contributed by atoms with E-state index in [1.807, 2.05) is 24.3 Å². The fourth-order valence-corrected chi connectivity index (χ4v) is 1.32. The van der Waals surface area contributed by atoms with Gasteiger partial charge in [-0.05, 0) is 43.4 Å². The second-order valence-electron chi connectivity index (χ2n) is 3.91. The van der Waals surface area contributed by atoms with Crippen LogP contribution in [-0.4, -0.2) is 12.3 Å². The van der Waals surface area contributed by atoms with Gasteiger partial charge in [-0.1, -0.05) is 12.1 Å². The maximum Gasteiger partial charge on any atom is 0.119 e. The van der Waals surface area contributed by atoms with Crippen LogP contribution in [0.2, 0.25) is 0 Å². The molecule has 74 valence electrons. The molecule has 0 atom stereocenters. The molecule has 0 unspecified atom stereocenters. The number of ether oxygens (including phenoxy) is 1. The molecule has 0 heterocycles. The third kappa shape index (κ3) is 2.34. The number of hydrogen-bond donors (Lipinski definition) is 1. The van der Waals surface area contributed by atoms with E-state index in [0.29, 0.717) is 5.71 Å². The fraction of sp³-hybridized carbons (Fsp3) is 0.417. The molecule has 0 bridgehead atoms. The Hall–Kier alpha value is -1.31. The molecule has 2 rings (SSSR count). The van der Waals surface area contributed by atoms with Crippen LogP contribution in [-0.2, 0) is 0 Å². The van der Waals surface area contributed by atoms with Crippen molar-refractivity contribution in [1.29, 1.82) is 5.41 Å². The molecule has 1 aliphatic rings. The monoisotopic (exact) mass is 189 g/mol. The lowest BCUT2D eigenvalue weighted by Gasteiger charge is -2.06. The van der Waals surface area contributed by atoms with E-state index in [1.165, 1.54) is 12.8 Å². The van der Waals surface area contributed by atoms with Crippen molar-refractivity contribution in [3.63, 3.8) is 0 Å². The predicted octanol–water partition coefficient (Wildman–Crippen LogP) is 2.86. The summed E-state index contributed by atoms with van der Waals surface area (Å²) in [7, 11) is 0. The summed E-state index contributed by atoms with van der Waals surface area (Å²) in [4.78, 5) is 0. The minimum absolute atomic E-state index is 0.585. The van der Waals surface area contributed by atoms with Crippen LogP contribution in [0.25, 0.3) is 0 Å². The number of hydrogen-bond acceptors (Lipinski definition) is 2. The van der Waals surface area contributed by atoms with Crippen molar-refractivity contribution in [2.75, 3.05) is 6.61 Å². The SMILES string of the molecule is CC(=N)c1cccc(OCC2CC2)c1. The number of benzene rings is 1. The van der Waals surface area contributed by atoms with E-state index in [9.17, 15) is 0 Å². The summed E-state index contributed by atoms with van der Waals surface area (Å²) in [5.74, 6) is 1.67. The first kappa shape index (κ1) is 9.25. The van der Waals surface area contributed by atoms with Gasteiger partial charge in [0.05, 0.1) is 6.61 Å². The Kier molecular flexibility index (Phi) is 2.53. The smallest absolute Gasteiger partial charge is 0.119 e. The molecule has 0 saturated heterocycles. The molecule has 0 aliphatic heterocycles. The van der Waals surface area contributed by atoms with Crippen molar-refractivity contribution in [2.24, 2.45) is 5.92 Å². The van der Waals surface area contributed by atoms with Crippen LogP contribution in [0.1, 0.15) is 25.3 Å². The highest BCUT2D eigenvalue weighted by atomic mass is 16.5. The third-order valence-electron chi connectivity index (χ3n) is 2.45. The van der Waals surface area contributed by atoms with Crippen LogP contribution in [0, 0.1) is 11.3 Å². The van der Waals surface area contributed by atoms with Gasteiger partial charge in [0, 0.05) is 5.71 Å². The lowest BCUT2D eigenvalue weighted by molar-refractivity contribution is 0.300. The van der Waals surface area contributed by atoms with E-state index in [2.05, 4.69) is 0 Å². The third-order valence-corrected chi connectivity index (χ3v) is 2.45. The Morgan fingerprint density at radius 2 is 2.29 bits per heavy atom. The molecule has 1 aromatic carbocycles. The summed E-state index contributed by atoms with van der Waals surface area (Å²) < 4.78 is 5.62. The van der Waals surface area contributed by atoms with Gasteiger partial charge in [0.2, 0.25) is 0 Å². The van der Waals surface area contributed by atoms with Crippen LogP contribution < -0.4 is 4.74 Å². The molecule has 2 nitrogen and oxygen atoms in total. The fourth-order valence-electron chi connectivity index (χ4n) is 1.32. The zero-order valence-corrected chi connectivity index (χ0v) is 8.42. The molecular formula is C12H15NO. The molecule has 0 amide bonds. The van der Waals surface area contributed by atoms with Crippen molar-refractivity contribution >= 4 is 5.71 Å². The van der Waals surface area contributed by atoms with E-state index >= 15 is 0 Å². The molecule has 0 radical (unpaired) electrons. The van der Waals surface area contributed by atoms with Crippen molar-refractivity contribution in [3.05, 3.63) is 29.8 Å². The number of nitrogens with one attached hydrogen (secondary N) is 1. The molecule has 0 spiro atoms. The van der Waals surface area contributed by atoms with Gasteiger partial charge < -0.3 is 10.1 Å². The Bertz CT molecular complexity index is 342. The van der Waals surface area contributed by atoms with Crippen LogP contribution in [0.4, 0.5) is 0 Å². The van der Waals surface area contributed by atoms with Crippen molar-refractivity contribution in [1.82, 2.24) is 0 Å². The first-order chi connectivity index (χ1) is 6.75. The van der Waals surface area contributed by atoms with Crippen LogP contribution >= 0.6 is 0 Å². The summed E-state index contributed by atoms with van der Waals surface area (Å²) in [6.45, 7) is 2.63. The van der Waals surface area contributed by atoms with E-state index in [0.717, 1.165) is 23.8 Å². The molecule has 1 saturated carbocycles. The van der Waals surface area contributed by atoms with E-state index in [-0.39, 0.29) is 0 Å². The van der Waals surface area contributed by atoms with Crippen molar-refractivity contribution < 1.29 is 4.74 Å². The van der Waals surface area contributed by atoms with Gasteiger partial charge in [-0.15, -0.1) is 0 Å². The first-order valence-corrected chi connectivity index (χ1v) is 5.04. The highest BCUT2D eigenvalue weighted by Crippen LogP contribution is 2.29. The lowest BCUT2D eigenvalue weighted by Crippen LogP contribution is -2.00. The Morgan fingerprint density at radius 1 is 1.50 bits per heavy atom. The average Bonchev–Trinajstić information content (AvgIpc) is 2.99. The molecule has 1 aliphatic carbocycles. The minimum atomic E-state index is 0.585. The maximum atomic E-state index is 7.51. The van der Waals surface area contributed by atoms with Gasteiger partial charge in [-0.2, -0.15) is 0 Å². The summed E-state index contributed by atoms with van der Waals surface area (Å²) in [5.41, 5.74) is 1.53. The summed E-state index contributed by atoms with van der Waals surface area (Å²) in [6.07, 6.45) is 2.62. The van der Waals surface area contributed by atoms with Crippen molar-refractivity contribution in [3.8, 4) is 5.75 Å². The van der Waals surface area contributed by atoms with E-state index in [4.69, 9.17) is 10.1 Å². The van der Waals surface area contributed by atoms with Crippen LogP contribution in [0.5, 0.6) is 5.75 Å². The Morgan fingerprint density at radius 3 is 2.93 bits per heavy atom. The van der Waals surface area contributed by atoms with Gasteiger partial charge >= 0.3 is 0 Å². The van der Waals surface area contributed by atoms with Gasteiger partial charge in [-0.3, -0.25) is 0 Å². The number of rotatable bonds is 4. The van der Waals surface area contributed by atoms with Gasteiger partial charge in [0.25, 0.3) is 0 Å². The van der Waals surface area contributed by atoms with E-state index in [1.54, 1.807) is 6.92 Å². The molecular weight excluding hydrogens is 174 g/mol. The molecule has 1 N–H and O–H groups in total. The second-order valence-corrected chi connectivity index (χ2v) is 3.91. The molecule has 1 fully saturated rings. The van der Waals surface area contributed by atoms with Gasteiger partial charge in [-0.25, -0.2) is 0 Å².